The molecule has 0 aliphatic heterocycles. The van der Waals surface area contributed by atoms with Crippen molar-refractivity contribution in [1.82, 2.24) is 4.98 Å². The standard InChI is InChI=1S/C9H6F2N2O3/c1-16-9(15)6-5(8(10)11)7(14)4(2-12)3-13-6/h3,8H,1H3,(H,13,14). The summed E-state index contributed by atoms with van der Waals surface area (Å²) in [6.07, 6.45) is -2.27. The fourth-order valence-electron chi connectivity index (χ4n) is 1.11. The molecule has 5 nitrogen and oxygen atoms in total. The first kappa shape index (κ1) is 11.8. The number of aromatic nitrogens is 1. The van der Waals surface area contributed by atoms with Gasteiger partial charge in [-0.3, -0.25) is 4.79 Å². The van der Waals surface area contributed by atoms with E-state index in [9.17, 15) is 18.4 Å². The number of ether oxygens (including phenoxy) is 1. The van der Waals surface area contributed by atoms with Crippen LogP contribution >= 0.6 is 0 Å². The van der Waals surface area contributed by atoms with Crippen LogP contribution < -0.4 is 5.43 Å². The topological polar surface area (TPSA) is 82.9 Å². The first-order valence-corrected chi connectivity index (χ1v) is 4.05. The maximum absolute atomic E-state index is 12.6. The van der Waals surface area contributed by atoms with Gasteiger partial charge in [-0.15, -0.1) is 0 Å². The number of methoxy groups -OCH3 is 1. The lowest BCUT2D eigenvalue weighted by molar-refractivity contribution is 0.0581. The second-order valence-corrected chi connectivity index (χ2v) is 2.72. The van der Waals surface area contributed by atoms with Crippen LogP contribution in [0.15, 0.2) is 11.0 Å². The summed E-state index contributed by atoms with van der Waals surface area (Å²) in [7, 11) is 0.994. The number of H-pyrrole nitrogens is 1. The molecule has 1 rings (SSSR count). The fraction of sp³-hybridized carbons (Fsp3) is 0.222. The molecule has 0 fully saturated rings. The Hall–Kier alpha value is -2.23. The van der Waals surface area contributed by atoms with Crippen molar-refractivity contribution in [2.45, 2.75) is 6.43 Å². The van der Waals surface area contributed by atoms with Crippen molar-refractivity contribution in [3.05, 3.63) is 33.2 Å². The number of nitrogens with zero attached hydrogens (tertiary/aromatic N) is 1. The van der Waals surface area contributed by atoms with Crippen molar-refractivity contribution in [3.8, 4) is 6.07 Å². The van der Waals surface area contributed by atoms with Crippen molar-refractivity contribution >= 4 is 5.97 Å². The first-order valence-electron chi connectivity index (χ1n) is 4.05. The molecule has 0 saturated carbocycles. The Balaban J connectivity index is 3.55. The second kappa shape index (κ2) is 4.53. The minimum absolute atomic E-state index is 0.483. The van der Waals surface area contributed by atoms with Gasteiger partial charge in [0, 0.05) is 6.20 Å². The van der Waals surface area contributed by atoms with E-state index in [1.54, 1.807) is 0 Å². The van der Waals surface area contributed by atoms with Crippen molar-refractivity contribution in [2.24, 2.45) is 0 Å². The Kier molecular flexibility index (Phi) is 3.35. The molecule has 0 unspecified atom stereocenters. The molecule has 0 saturated heterocycles. The Labute approximate surface area is 88.3 Å². The average Bonchev–Trinajstić information content (AvgIpc) is 2.26. The lowest BCUT2D eigenvalue weighted by atomic mass is 10.1. The van der Waals surface area contributed by atoms with Crippen LogP contribution in [0.5, 0.6) is 0 Å². The molecule has 84 valence electrons. The highest BCUT2D eigenvalue weighted by molar-refractivity contribution is 5.89. The second-order valence-electron chi connectivity index (χ2n) is 2.72. The number of rotatable bonds is 2. The van der Waals surface area contributed by atoms with Gasteiger partial charge >= 0.3 is 5.97 Å². The molecule has 0 aliphatic rings. The van der Waals surface area contributed by atoms with Crippen LogP contribution in [0.4, 0.5) is 8.78 Å². The maximum Gasteiger partial charge on any atom is 0.355 e. The number of esters is 1. The zero-order chi connectivity index (χ0) is 12.3. The molecule has 0 bridgehead atoms. The van der Waals surface area contributed by atoms with Gasteiger partial charge in [0.1, 0.15) is 17.3 Å². The third kappa shape index (κ3) is 1.91. The van der Waals surface area contributed by atoms with Gasteiger partial charge in [-0.1, -0.05) is 0 Å². The van der Waals surface area contributed by atoms with Crippen LogP contribution in [-0.2, 0) is 4.74 Å². The third-order valence-electron chi connectivity index (χ3n) is 1.85. The highest BCUT2D eigenvalue weighted by atomic mass is 19.3. The lowest BCUT2D eigenvalue weighted by Crippen LogP contribution is -2.21. The number of nitrogens with one attached hydrogen (secondary N) is 1. The molecule has 0 atom stereocenters. The van der Waals surface area contributed by atoms with Crippen molar-refractivity contribution < 1.29 is 18.3 Å². The highest BCUT2D eigenvalue weighted by Crippen LogP contribution is 2.18. The van der Waals surface area contributed by atoms with Gasteiger partial charge in [0.2, 0.25) is 5.43 Å². The monoisotopic (exact) mass is 228 g/mol. The molecular formula is C9H6F2N2O3. The largest absolute Gasteiger partial charge is 0.464 e. The van der Waals surface area contributed by atoms with Gasteiger partial charge in [-0.05, 0) is 0 Å². The number of pyridine rings is 1. The summed E-state index contributed by atoms with van der Waals surface area (Å²) in [6.45, 7) is 0. The summed E-state index contributed by atoms with van der Waals surface area (Å²) in [4.78, 5) is 24.6. The number of aromatic amines is 1. The fourth-order valence-corrected chi connectivity index (χ4v) is 1.11. The smallest absolute Gasteiger partial charge is 0.355 e. The summed E-state index contributed by atoms with van der Waals surface area (Å²) >= 11 is 0. The van der Waals surface area contributed by atoms with E-state index >= 15 is 0 Å². The molecule has 1 aromatic rings. The van der Waals surface area contributed by atoms with Crippen molar-refractivity contribution in [1.29, 1.82) is 5.26 Å². The lowest BCUT2D eigenvalue weighted by Gasteiger charge is -2.06. The van der Waals surface area contributed by atoms with Crippen LogP contribution in [0.1, 0.15) is 28.0 Å². The van der Waals surface area contributed by atoms with Crippen LogP contribution in [-0.4, -0.2) is 18.1 Å². The number of carbonyl (C=O) groups is 1. The van der Waals surface area contributed by atoms with Gasteiger partial charge < -0.3 is 9.72 Å². The Morgan fingerprint density at radius 1 is 1.62 bits per heavy atom. The minimum Gasteiger partial charge on any atom is -0.464 e. The van der Waals surface area contributed by atoms with Gasteiger partial charge in [-0.25, -0.2) is 13.6 Å². The molecule has 1 aromatic heterocycles. The third-order valence-corrected chi connectivity index (χ3v) is 1.85. The summed E-state index contributed by atoms with van der Waals surface area (Å²) in [5.41, 5.74) is -3.34. The Morgan fingerprint density at radius 3 is 2.69 bits per heavy atom. The van der Waals surface area contributed by atoms with Crippen LogP contribution in [0, 0.1) is 11.3 Å². The van der Waals surface area contributed by atoms with E-state index in [1.165, 1.54) is 6.07 Å². The van der Waals surface area contributed by atoms with Crippen LogP contribution in [0.3, 0.4) is 0 Å². The van der Waals surface area contributed by atoms with E-state index in [4.69, 9.17) is 5.26 Å². The van der Waals surface area contributed by atoms with Gasteiger partial charge in [-0.2, -0.15) is 5.26 Å². The van der Waals surface area contributed by atoms with E-state index < -0.39 is 34.6 Å². The zero-order valence-electron chi connectivity index (χ0n) is 8.08. The van der Waals surface area contributed by atoms with Gasteiger partial charge in [0.05, 0.1) is 12.7 Å². The Morgan fingerprint density at radius 2 is 2.25 bits per heavy atom. The molecular weight excluding hydrogens is 222 g/mol. The quantitative estimate of drug-likeness (QED) is 0.764. The number of carbonyl (C=O) groups excluding carboxylic acids is 1. The van der Waals surface area contributed by atoms with Crippen LogP contribution in [0.2, 0.25) is 0 Å². The van der Waals surface area contributed by atoms with E-state index in [0.29, 0.717) is 0 Å². The average molecular weight is 228 g/mol. The number of alkyl halides is 2. The summed E-state index contributed by atoms with van der Waals surface area (Å²) in [6, 6.07) is 1.45. The molecule has 1 N–H and O–H groups in total. The van der Waals surface area contributed by atoms with Crippen LogP contribution in [0.25, 0.3) is 0 Å². The first-order chi connectivity index (χ1) is 7.52. The molecule has 7 heteroatoms. The molecule has 1 heterocycles. The molecule has 16 heavy (non-hydrogen) atoms. The van der Waals surface area contributed by atoms with Crippen molar-refractivity contribution in [2.75, 3.05) is 7.11 Å². The molecule has 0 aliphatic carbocycles. The summed E-state index contributed by atoms with van der Waals surface area (Å²) in [5.74, 6) is -1.09. The zero-order valence-corrected chi connectivity index (χ0v) is 8.08. The highest BCUT2D eigenvalue weighted by Gasteiger charge is 2.24. The summed E-state index contributed by atoms with van der Waals surface area (Å²) < 4.78 is 29.4. The molecule has 0 aromatic carbocycles. The Bertz CT molecular complexity index is 516. The van der Waals surface area contributed by atoms with E-state index in [-0.39, 0.29) is 0 Å². The molecule has 0 amide bonds. The predicted octanol–water partition coefficient (Wildman–Crippen LogP) is 0.971. The normalized spacial score (nSPS) is 9.94. The number of nitriles is 1. The van der Waals surface area contributed by atoms with E-state index in [2.05, 4.69) is 9.72 Å². The summed E-state index contributed by atoms with van der Waals surface area (Å²) in [5, 5.41) is 8.48. The van der Waals surface area contributed by atoms with Gasteiger partial charge in [0.25, 0.3) is 6.43 Å². The van der Waals surface area contributed by atoms with Crippen molar-refractivity contribution in [3.63, 3.8) is 0 Å². The van der Waals surface area contributed by atoms with E-state index in [1.807, 2.05) is 0 Å². The number of hydrogen-bond donors (Lipinski definition) is 1. The van der Waals surface area contributed by atoms with E-state index in [0.717, 1.165) is 13.3 Å². The SMILES string of the molecule is COC(=O)c1[nH]cc(C#N)c(=O)c1C(F)F. The van der Waals surface area contributed by atoms with Gasteiger partial charge in [0.15, 0.2) is 0 Å². The maximum atomic E-state index is 12.6. The molecule has 0 radical (unpaired) electrons. The minimum atomic E-state index is -3.16. The predicted molar refractivity (Wildman–Crippen MR) is 48.1 cm³/mol. The molecule has 0 spiro atoms. The number of halogens is 2. The number of hydrogen-bond acceptors (Lipinski definition) is 4.